The Balaban J connectivity index is 1.70. The minimum Gasteiger partial charge on any atom is -0.272 e. The van der Waals surface area contributed by atoms with Crippen LogP contribution in [-0.2, 0) is 16.2 Å². The van der Waals surface area contributed by atoms with Gasteiger partial charge in [0.2, 0.25) is 0 Å². The lowest BCUT2D eigenvalue weighted by Gasteiger charge is -2.06. The van der Waals surface area contributed by atoms with Gasteiger partial charge in [-0.25, -0.2) is 5.48 Å². The third-order valence-electron chi connectivity index (χ3n) is 2.46. The van der Waals surface area contributed by atoms with Crippen LogP contribution in [0.1, 0.15) is 5.56 Å². The van der Waals surface area contributed by atoms with Gasteiger partial charge in [-0.3, -0.25) is 9.63 Å². The molecule has 20 heavy (non-hydrogen) atoms. The summed E-state index contributed by atoms with van der Waals surface area (Å²) in [5, 5.41) is 0.649. The van der Waals surface area contributed by atoms with Crippen LogP contribution in [0.4, 0.5) is 0 Å². The maximum atomic E-state index is 11.6. The predicted molar refractivity (Wildman–Crippen MR) is 81.5 cm³/mol. The number of benzene rings is 2. The molecule has 0 aliphatic heterocycles. The molecule has 1 N–H and O–H groups in total. The molecule has 3 nitrogen and oxygen atoms in total. The molecule has 0 aromatic heterocycles. The second-order valence-electron chi connectivity index (χ2n) is 4.02. The molecule has 2 aromatic rings. The number of hydroxylamine groups is 1. The van der Waals surface area contributed by atoms with E-state index in [1.807, 2.05) is 48.5 Å². The van der Waals surface area contributed by atoms with E-state index in [2.05, 4.69) is 5.48 Å². The first-order valence-corrected chi connectivity index (χ1v) is 7.44. The number of rotatable bonds is 6. The number of carbonyl (C=O) groups excluding carboxylic acids is 1. The molecule has 2 rings (SSSR count). The van der Waals surface area contributed by atoms with E-state index in [1.54, 1.807) is 6.07 Å². The van der Waals surface area contributed by atoms with Crippen LogP contribution in [0.3, 0.4) is 0 Å². The molecule has 0 spiro atoms. The largest absolute Gasteiger partial charge is 0.272 e. The van der Waals surface area contributed by atoms with Crippen molar-refractivity contribution < 1.29 is 9.63 Å². The molecule has 5 heteroatoms. The summed E-state index contributed by atoms with van der Waals surface area (Å²) < 4.78 is 0. The highest BCUT2D eigenvalue weighted by atomic mass is 35.5. The van der Waals surface area contributed by atoms with Crippen LogP contribution in [-0.4, -0.2) is 11.7 Å². The van der Waals surface area contributed by atoms with Crippen molar-refractivity contribution in [1.29, 1.82) is 0 Å². The zero-order chi connectivity index (χ0) is 14.2. The highest BCUT2D eigenvalue weighted by Gasteiger charge is 2.05. The molecule has 0 heterocycles. The summed E-state index contributed by atoms with van der Waals surface area (Å²) in [4.78, 5) is 17.7. The second kappa shape index (κ2) is 7.94. The van der Waals surface area contributed by atoms with Gasteiger partial charge in [-0.2, -0.15) is 0 Å². The lowest BCUT2D eigenvalue weighted by molar-refractivity contribution is -0.131. The number of hydrogen-bond acceptors (Lipinski definition) is 3. The van der Waals surface area contributed by atoms with Gasteiger partial charge in [-0.1, -0.05) is 54.1 Å². The van der Waals surface area contributed by atoms with E-state index >= 15 is 0 Å². The Labute approximate surface area is 127 Å². The molecule has 0 unspecified atom stereocenters. The topological polar surface area (TPSA) is 38.3 Å². The fraction of sp³-hybridized carbons (Fsp3) is 0.133. The van der Waals surface area contributed by atoms with E-state index in [1.165, 1.54) is 11.8 Å². The summed E-state index contributed by atoms with van der Waals surface area (Å²) in [7, 11) is 0. The van der Waals surface area contributed by atoms with Crippen molar-refractivity contribution in [3.05, 3.63) is 65.2 Å². The fourth-order valence-electron chi connectivity index (χ4n) is 1.51. The van der Waals surface area contributed by atoms with Crippen molar-refractivity contribution in [2.75, 3.05) is 5.75 Å². The maximum absolute atomic E-state index is 11.6. The lowest BCUT2D eigenvalue weighted by atomic mass is 10.2. The number of nitrogens with one attached hydrogen (secondary N) is 1. The molecule has 2 aromatic carbocycles. The summed E-state index contributed by atoms with van der Waals surface area (Å²) in [6.07, 6.45) is 0. The van der Waals surface area contributed by atoms with Crippen molar-refractivity contribution in [1.82, 2.24) is 5.48 Å². The Morgan fingerprint density at radius 1 is 1.10 bits per heavy atom. The highest BCUT2D eigenvalue weighted by Crippen LogP contribution is 2.26. The minimum absolute atomic E-state index is 0.189. The Bertz CT molecular complexity index is 563. The van der Waals surface area contributed by atoms with Gasteiger partial charge in [0.25, 0.3) is 5.91 Å². The Morgan fingerprint density at radius 3 is 2.55 bits per heavy atom. The fourth-order valence-corrected chi connectivity index (χ4v) is 2.53. The van der Waals surface area contributed by atoms with Gasteiger partial charge in [0.05, 0.1) is 17.4 Å². The number of carbonyl (C=O) groups is 1. The first-order chi connectivity index (χ1) is 9.75. The van der Waals surface area contributed by atoms with Crippen molar-refractivity contribution in [3.63, 3.8) is 0 Å². The minimum atomic E-state index is -0.189. The maximum Gasteiger partial charge on any atom is 0.253 e. The average Bonchev–Trinajstić information content (AvgIpc) is 2.47. The van der Waals surface area contributed by atoms with Crippen molar-refractivity contribution >= 4 is 29.3 Å². The van der Waals surface area contributed by atoms with Crippen LogP contribution in [0.5, 0.6) is 0 Å². The molecule has 0 saturated heterocycles. The van der Waals surface area contributed by atoms with E-state index in [0.717, 1.165) is 10.5 Å². The summed E-state index contributed by atoms with van der Waals surface area (Å²) in [6, 6.07) is 17.1. The first kappa shape index (κ1) is 14.9. The Kier molecular flexibility index (Phi) is 5.92. The third-order valence-corrected chi connectivity index (χ3v) is 3.98. The van der Waals surface area contributed by atoms with Crippen molar-refractivity contribution in [2.45, 2.75) is 11.5 Å². The van der Waals surface area contributed by atoms with Gasteiger partial charge in [-0.05, 0) is 17.7 Å². The molecule has 0 bridgehead atoms. The molecule has 0 aliphatic rings. The highest BCUT2D eigenvalue weighted by molar-refractivity contribution is 8.00. The van der Waals surface area contributed by atoms with Crippen molar-refractivity contribution in [3.8, 4) is 0 Å². The van der Waals surface area contributed by atoms with Crippen LogP contribution < -0.4 is 5.48 Å². The second-order valence-corrected chi connectivity index (χ2v) is 5.44. The Morgan fingerprint density at radius 2 is 1.80 bits per heavy atom. The molecule has 0 fully saturated rings. The summed E-state index contributed by atoms with van der Waals surface area (Å²) >= 11 is 7.39. The predicted octanol–water partition coefficient (Wildman–Crippen LogP) is 3.68. The van der Waals surface area contributed by atoms with Crippen molar-refractivity contribution in [2.24, 2.45) is 0 Å². The van der Waals surface area contributed by atoms with Gasteiger partial charge in [0.15, 0.2) is 0 Å². The molecule has 0 aliphatic carbocycles. The zero-order valence-electron chi connectivity index (χ0n) is 10.7. The summed E-state index contributed by atoms with van der Waals surface area (Å²) in [6.45, 7) is 0.351. The standard InChI is InChI=1S/C15H14ClNO2S/c16-13-8-4-5-9-14(13)20-11-15(18)17-19-10-12-6-2-1-3-7-12/h1-9H,10-11H2,(H,17,18). The molecular formula is C15H14ClNO2S. The molecule has 0 radical (unpaired) electrons. The van der Waals surface area contributed by atoms with Crippen LogP contribution in [0.2, 0.25) is 5.02 Å². The van der Waals surface area contributed by atoms with Gasteiger partial charge >= 0.3 is 0 Å². The van der Waals surface area contributed by atoms with E-state index in [-0.39, 0.29) is 11.7 Å². The summed E-state index contributed by atoms with van der Waals surface area (Å²) in [5.74, 6) is 0.0734. The monoisotopic (exact) mass is 307 g/mol. The molecule has 104 valence electrons. The van der Waals surface area contributed by atoms with E-state index < -0.39 is 0 Å². The normalized spacial score (nSPS) is 10.2. The average molecular weight is 308 g/mol. The number of thioether (sulfide) groups is 1. The van der Waals surface area contributed by atoms with Gasteiger partial charge in [0.1, 0.15) is 0 Å². The molecule has 0 saturated carbocycles. The van der Waals surface area contributed by atoms with E-state index in [4.69, 9.17) is 16.4 Å². The van der Waals surface area contributed by atoms with Crippen LogP contribution in [0.15, 0.2) is 59.5 Å². The SMILES string of the molecule is O=C(CSc1ccccc1Cl)NOCc1ccccc1. The summed E-state index contributed by atoms with van der Waals surface area (Å²) in [5.41, 5.74) is 3.42. The number of amides is 1. The lowest BCUT2D eigenvalue weighted by Crippen LogP contribution is -2.25. The smallest absolute Gasteiger partial charge is 0.253 e. The third kappa shape index (κ3) is 4.89. The quantitative estimate of drug-likeness (QED) is 0.653. The van der Waals surface area contributed by atoms with Crippen LogP contribution in [0, 0.1) is 0 Å². The number of hydrogen-bond donors (Lipinski definition) is 1. The Hall–Kier alpha value is -1.49. The van der Waals surface area contributed by atoms with Crippen LogP contribution >= 0.6 is 23.4 Å². The molecular weight excluding hydrogens is 294 g/mol. The van der Waals surface area contributed by atoms with Crippen LogP contribution in [0.25, 0.3) is 0 Å². The van der Waals surface area contributed by atoms with Gasteiger partial charge in [0, 0.05) is 4.90 Å². The molecule has 1 amide bonds. The van der Waals surface area contributed by atoms with E-state index in [0.29, 0.717) is 11.6 Å². The van der Waals surface area contributed by atoms with E-state index in [9.17, 15) is 4.79 Å². The van der Waals surface area contributed by atoms with Gasteiger partial charge in [-0.15, -0.1) is 11.8 Å². The number of halogens is 1. The zero-order valence-corrected chi connectivity index (χ0v) is 12.3. The first-order valence-electron chi connectivity index (χ1n) is 6.07. The molecule has 0 atom stereocenters. The van der Waals surface area contributed by atoms with Gasteiger partial charge < -0.3 is 0 Å².